The number of anilines is 1. The Bertz CT molecular complexity index is 546. The Morgan fingerprint density at radius 2 is 1.83 bits per heavy atom. The molecule has 0 fully saturated rings. The molecule has 8 heteroatoms. The van der Waals surface area contributed by atoms with Crippen LogP contribution in [0.5, 0.6) is 0 Å². The van der Waals surface area contributed by atoms with E-state index in [0.717, 1.165) is 18.8 Å². The van der Waals surface area contributed by atoms with Gasteiger partial charge in [-0.15, -0.1) is 0 Å². The first-order valence-electron chi connectivity index (χ1n) is 7.07. The van der Waals surface area contributed by atoms with Crippen molar-refractivity contribution in [3.63, 3.8) is 0 Å². The molecule has 0 unspecified atom stereocenters. The summed E-state index contributed by atoms with van der Waals surface area (Å²) < 4.78 is 4.46. The van der Waals surface area contributed by atoms with Crippen LogP contribution in [0.2, 0.25) is 0 Å². The highest BCUT2D eigenvalue weighted by Crippen LogP contribution is 2.09. The highest BCUT2D eigenvalue weighted by molar-refractivity contribution is 7.80. The zero-order valence-corrected chi connectivity index (χ0v) is 14.3. The second-order valence-corrected chi connectivity index (χ2v) is 5.43. The van der Waals surface area contributed by atoms with E-state index in [4.69, 9.17) is 12.2 Å². The number of carbonyl (C=O) groups excluding carboxylic acids is 2. The van der Waals surface area contributed by atoms with E-state index in [1.807, 2.05) is 14.1 Å². The fraction of sp³-hybridized carbons (Fsp3) is 0.400. The third-order valence-corrected chi connectivity index (χ3v) is 3.12. The molecule has 0 aliphatic carbocycles. The Kier molecular flexibility index (Phi) is 8.00. The van der Waals surface area contributed by atoms with Gasteiger partial charge in [-0.3, -0.25) is 9.59 Å². The Hall–Kier alpha value is -2.19. The molecule has 1 aromatic carbocycles. The molecule has 3 N–H and O–H groups in total. The molecule has 0 aliphatic heterocycles. The minimum absolute atomic E-state index is 0.158. The van der Waals surface area contributed by atoms with Crippen molar-refractivity contribution in [1.82, 2.24) is 15.5 Å². The van der Waals surface area contributed by atoms with E-state index in [1.165, 1.54) is 7.11 Å². The van der Waals surface area contributed by atoms with Gasteiger partial charge in [0.2, 0.25) is 0 Å². The van der Waals surface area contributed by atoms with Crippen LogP contribution in [0.1, 0.15) is 10.4 Å². The van der Waals surface area contributed by atoms with Gasteiger partial charge in [0.05, 0.1) is 7.11 Å². The number of nitrogens with one attached hydrogen (secondary N) is 3. The Labute approximate surface area is 141 Å². The number of carbonyl (C=O) groups is 2. The Morgan fingerprint density at radius 1 is 1.17 bits per heavy atom. The summed E-state index contributed by atoms with van der Waals surface area (Å²) in [6, 6.07) is 6.79. The minimum Gasteiger partial charge on any atom is -0.468 e. The molecule has 1 rings (SSSR count). The van der Waals surface area contributed by atoms with Crippen LogP contribution in [0.3, 0.4) is 0 Å². The lowest BCUT2D eigenvalue weighted by molar-refractivity contribution is -0.139. The van der Waals surface area contributed by atoms with Crippen molar-refractivity contribution in [2.45, 2.75) is 0 Å². The van der Waals surface area contributed by atoms with Crippen LogP contribution >= 0.6 is 12.2 Å². The molecule has 0 aliphatic rings. The average molecular weight is 338 g/mol. The van der Waals surface area contributed by atoms with E-state index in [1.54, 1.807) is 24.3 Å². The van der Waals surface area contributed by atoms with Gasteiger partial charge >= 0.3 is 5.97 Å². The first kappa shape index (κ1) is 18.9. The summed E-state index contributed by atoms with van der Waals surface area (Å²) in [5.74, 6) is -0.834. The first-order chi connectivity index (χ1) is 10.9. The van der Waals surface area contributed by atoms with E-state index < -0.39 is 5.97 Å². The van der Waals surface area contributed by atoms with Gasteiger partial charge in [-0.1, -0.05) is 0 Å². The third-order valence-electron chi connectivity index (χ3n) is 2.87. The second kappa shape index (κ2) is 9.75. The largest absolute Gasteiger partial charge is 0.468 e. The van der Waals surface area contributed by atoms with Crippen molar-refractivity contribution in [3.05, 3.63) is 29.8 Å². The first-order valence-corrected chi connectivity index (χ1v) is 7.48. The van der Waals surface area contributed by atoms with Crippen LogP contribution < -0.4 is 16.0 Å². The van der Waals surface area contributed by atoms with Gasteiger partial charge in [0.1, 0.15) is 6.54 Å². The number of methoxy groups -OCH3 is 1. The normalized spacial score (nSPS) is 10.1. The van der Waals surface area contributed by atoms with Crippen LogP contribution in [-0.2, 0) is 9.53 Å². The molecule has 126 valence electrons. The minimum atomic E-state index is -0.495. The number of hydrogen-bond donors (Lipinski definition) is 3. The number of ether oxygens (including phenoxy) is 1. The number of hydrogen-bond acceptors (Lipinski definition) is 5. The van der Waals surface area contributed by atoms with Crippen molar-refractivity contribution >= 4 is 34.9 Å². The highest BCUT2D eigenvalue weighted by Gasteiger charge is 2.08. The van der Waals surface area contributed by atoms with Gasteiger partial charge in [-0.05, 0) is 50.6 Å². The molecule has 0 bridgehead atoms. The molecule has 0 radical (unpaired) electrons. The number of amides is 1. The number of esters is 1. The van der Waals surface area contributed by atoms with Gasteiger partial charge in [0.25, 0.3) is 5.91 Å². The molecular formula is C15H22N4O3S. The quantitative estimate of drug-likeness (QED) is 0.491. The number of thiocarbonyl (C=S) groups is 1. The maximum absolute atomic E-state index is 11.8. The summed E-state index contributed by atoms with van der Waals surface area (Å²) in [7, 11) is 5.24. The molecule has 0 atom stereocenters. The van der Waals surface area contributed by atoms with Crippen LogP contribution in [0.15, 0.2) is 24.3 Å². The number of benzene rings is 1. The summed E-state index contributed by atoms with van der Waals surface area (Å²) in [6.45, 7) is 1.46. The monoisotopic (exact) mass is 338 g/mol. The maximum atomic E-state index is 11.8. The molecular weight excluding hydrogens is 316 g/mol. The molecule has 23 heavy (non-hydrogen) atoms. The Morgan fingerprint density at radius 3 is 2.39 bits per heavy atom. The van der Waals surface area contributed by atoms with E-state index in [2.05, 4.69) is 25.6 Å². The highest BCUT2D eigenvalue weighted by atomic mass is 32.1. The Balaban J connectivity index is 2.45. The van der Waals surface area contributed by atoms with Gasteiger partial charge < -0.3 is 25.6 Å². The molecule has 0 spiro atoms. The number of nitrogens with zero attached hydrogens (tertiary/aromatic N) is 1. The topological polar surface area (TPSA) is 82.7 Å². The fourth-order valence-electron chi connectivity index (χ4n) is 1.60. The summed E-state index contributed by atoms with van der Waals surface area (Å²) >= 11 is 5.18. The predicted octanol–water partition coefficient (Wildman–Crippen LogP) is 0.437. The van der Waals surface area contributed by atoms with Gasteiger partial charge in [0, 0.05) is 24.3 Å². The van der Waals surface area contributed by atoms with Crippen molar-refractivity contribution in [3.8, 4) is 0 Å². The predicted molar refractivity (Wildman–Crippen MR) is 93.6 cm³/mol. The molecule has 0 heterocycles. The molecule has 0 aromatic heterocycles. The lowest BCUT2D eigenvalue weighted by atomic mass is 10.2. The number of likely N-dealkylation sites (N-methyl/N-ethyl adjacent to an activating group) is 1. The standard InChI is InChI=1S/C15H22N4O3S/c1-19(2)9-8-16-15(23)18-12-6-4-11(5-7-12)14(21)17-10-13(20)22-3/h4-7H,8-10H2,1-3H3,(H,17,21)(H2,16,18,23). The number of rotatable bonds is 7. The van der Waals surface area contributed by atoms with Crippen LogP contribution in [0.25, 0.3) is 0 Å². The van der Waals surface area contributed by atoms with Gasteiger partial charge in [-0.25, -0.2) is 0 Å². The van der Waals surface area contributed by atoms with Crippen LogP contribution in [0, 0.1) is 0 Å². The maximum Gasteiger partial charge on any atom is 0.325 e. The van der Waals surface area contributed by atoms with Crippen molar-refractivity contribution in [2.24, 2.45) is 0 Å². The van der Waals surface area contributed by atoms with Gasteiger partial charge in [0.15, 0.2) is 5.11 Å². The zero-order valence-electron chi connectivity index (χ0n) is 13.5. The summed E-state index contributed by atoms with van der Waals surface area (Å²) in [4.78, 5) is 24.9. The molecule has 1 aromatic rings. The van der Waals surface area contributed by atoms with Gasteiger partial charge in [-0.2, -0.15) is 0 Å². The fourth-order valence-corrected chi connectivity index (χ4v) is 1.82. The summed E-state index contributed by atoms with van der Waals surface area (Å²) in [6.07, 6.45) is 0. The van der Waals surface area contributed by atoms with E-state index in [-0.39, 0.29) is 12.5 Å². The summed E-state index contributed by atoms with van der Waals surface area (Å²) in [5, 5.41) is 9.12. The smallest absolute Gasteiger partial charge is 0.325 e. The molecule has 0 saturated carbocycles. The second-order valence-electron chi connectivity index (χ2n) is 5.02. The van der Waals surface area contributed by atoms with E-state index in [9.17, 15) is 9.59 Å². The van der Waals surface area contributed by atoms with Crippen LogP contribution in [0.4, 0.5) is 5.69 Å². The average Bonchev–Trinajstić information content (AvgIpc) is 2.52. The van der Waals surface area contributed by atoms with Crippen molar-refractivity contribution < 1.29 is 14.3 Å². The van der Waals surface area contributed by atoms with Crippen molar-refractivity contribution in [1.29, 1.82) is 0 Å². The SMILES string of the molecule is COC(=O)CNC(=O)c1ccc(NC(=S)NCCN(C)C)cc1. The third kappa shape index (κ3) is 7.57. The van der Waals surface area contributed by atoms with E-state index >= 15 is 0 Å². The lowest BCUT2D eigenvalue weighted by Gasteiger charge is -2.13. The molecule has 0 saturated heterocycles. The lowest BCUT2D eigenvalue weighted by Crippen LogP contribution is -2.34. The zero-order chi connectivity index (χ0) is 17.2. The molecule has 7 nitrogen and oxygen atoms in total. The summed E-state index contributed by atoms with van der Waals surface area (Å²) in [5.41, 5.74) is 1.22. The molecule has 1 amide bonds. The van der Waals surface area contributed by atoms with Crippen molar-refractivity contribution in [2.75, 3.05) is 46.2 Å². The van der Waals surface area contributed by atoms with Crippen LogP contribution in [-0.4, -0.2) is 62.7 Å². The van der Waals surface area contributed by atoms with E-state index in [0.29, 0.717) is 10.7 Å².